The molecule has 3 aromatic heterocycles. The minimum Gasteiger partial charge on any atom is -0.692 e. The first-order valence-electron chi connectivity index (χ1n) is 20.0. The molecule has 9 aromatic rings. The van der Waals surface area contributed by atoms with Gasteiger partial charge in [-0.3, -0.25) is 50.6 Å². The van der Waals surface area contributed by atoms with E-state index in [-0.39, 0.29) is 33.3 Å². The van der Waals surface area contributed by atoms with Gasteiger partial charge in [-0.1, -0.05) is 47.5 Å². The van der Waals surface area contributed by atoms with Crippen molar-refractivity contribution in [3.05, 3.63) is 197 Å². The lowest BCUT2D eigenvalue weighted by Crippen LogP contribution is -2.37. The third-order valence-electron chi connectivity index (χ3n) is 10.5. The van der Waals surface area contributed by atoms with Gasteiger partial charge in [-0.05, 0) is 96.4 Å². The number of hydrogen-bond acceptors (Lipinski definition) is 16. The molecule has 9 rings (SSSR count). The highest BCUT2D eigenvalue weighted by Gasteiger charge is 2.32. The molecule has 0 amide bonds. The highest BCUT2D eigenvalue weighted by molar-refractivity contribution is 5.85. The largest absolute Gasteiger partial charge is 0.692 e. The number of hydrogen-bond donors (Lipinski definition) is 0. The Morgan fingerprint density at radius 1 is 0.391 bits per heavy atom. The van der Waals surface area contributed by atoms with Gasteiger partial charge < -0.3 is 15.6 Å². The van der Waals surface area contributed by atoms with Crippen LogP contribution in [0.1, 0.15) is 33.4 Å². The summed E-state index contributed by atoms with van der Waals surface area (Å²) in [6.45, 7) is 11.1. The zero-order valence-electron chi connectivity index (χ0n) is 36.8. The van der Waals surface area contributed by atoms with E-state index < -0.39 is 47.4 Å². The molecule has 0 atom stereocenters. The van der Waals surface area contributed by atoms with E-state index in [2.05, 4.69) is 15.3 Å². The Bertz CT molecular complexity index is 3640. The highest BCUT2D eigenvalue weighted by atomic mass is 16.6. The van der Waals surface area contributed by atoms with Gasteiger partial charge in [-0.15, -0.1) is 14.5 Å². The molecule has 0 aliphatic carbocycles. The van der Waals surface area contributed by atoms with Gasteiger partial charge in [0.1, 0.15) is 17.1 Å². The molecular weight excluding hydrogens is 909 g/mol. The maximum Gasteiger partial charge on any atom is 0.334 e. The second-order valence-electron chi connectivity index (χ2n) is 15.5. The van der Waals surface area contributed by atoms with Gasteiger partial charge in [0, 0.05) is 12.1 Å². The first-order chi connectivity index (χ1) is 32.6. The van der Waals surface area contributed by atoms with Gasteiger partial charge in [0.2, 0.25) is 16.6 Å². The summed E-state index contributed by atoms with van der Waals surface area (Å²) in [5.41, 5.74) is 4.13. The van der Waals surface area contributed by atoms with Crippen LogP contribution in [0.4, 0.5) is 28.4 Å². The molecule has 0 saturated heterocycles. The Kier molecular flexibility index (Phi) is 12.3. The maximum absolute atomic E-state index is 12.5. The third-order valence-corrected chi connectivity index (χ3v) is 10.5. The third kappa shape index (κ3) is 8.99. The van der Waals surface area contributed by atoms with Crippen molar-refractivity contribution in [3.63, 3.8) is 0 Å². The van der Waals surface area contributed by atoms with Crippen molar-refractivity contribution in [1.29, 1.82) is 0 Å². The van der Waals surface area contributed by atoms with E-state index >= 15 is 0 Å². The minimum atomic E-state index is -0.797. The van der Waals surface area contributed by atoms with Crippen LogP contribution in [0.3, 0.4) is 0 Å². The second kappa shape index (κ2) is 18.1. The number of benzene rings is 6. The van der Waals surface area contributed by atoms with Crippen LogP contribution < -0.4 is 14.5 Å². The van der Waals surface area contributed by atoms with Crippen LogP contribution >= 0.6 is 0 Å². The van der Waals surface area contributed by atoms with Gasteiger partial charge in [-0.25, -0.2) is 0 Å². The monoisotopic (exact) mass is 942 g/mol. The summed E-state index contributed by atoms with van der Waals surface area (Å²) in [7, 11) is 0. The molecule has 0 bridgehead atoms. The lowest BCUT2D eigenvalue weighted by Gasteiger charge is -2.07. The van der Waals surface area contributed by atoms with Crippen molar-refractivity contribution >= 4 is 61.5 Å². The number of aromatic nitrogens is 9. The molecule has 350 valence electrons. The van der Waals surface area contributed by atoms with E-state index in [1.54, 1.807) is 44.2 Å². The summed E-state index contributed by atoms with van der Waals surface area (Å²) in [4.78, 5) is 55.7. The zero-order valence-corrected chi connectivity index (χ0v) is 36.8. The Morgan fingerprint density at radius 2 is 0.783 bits per heavy atom. The van der Waals surface area contributed by atoms with Gasteiger partial charge in [0.25, 0.3) is 22.6 Å². The molecule has 69 heavy (non-hydrogen) atoms. The first kappa shape index (κ1) is 46.9. The van der Waals surface area contributed by atoms with Gasteiger partial charge in [0.05, 0.1) is 70.2 Å². The Labute approximate surface area is 384 Å². The predicted octanol–water partition coefficient (Wildman–Crippen LogP) is 6.37. The average Bonchev–Trinajstić information content (AvgIpc) is 3.93. The quantitative estimate of drug-likeness (QED) is 0.0691. The SMILES string of the molecule is Cc1ccc(-n2nc3c([N+](=O)[O-])cc([N+](=O)[O-])cc3[n+]2[O-])c(C)c1.Cc1ccc(-n2nc3ccc([N+](=O)[O-])cc3[n+]2[O-])c(C)c1.Cc1ccc(C)c(-n2nc3c([N+](=O)[O-])cc([N+](=O)[O-])cc3[n+]2[O-])c1. The number of fused-ring (bicyclic) bond motifs is 3. The summed E-state index contributed by atoms with van der Waals surface area (Å²) < 4.78 is 0. The van der Waals surface area contributed by atoms with Crippen molar-refractivity contribution in [2.75, 3.05) is 0 Å². The van der Waals surface area contributed by atoms with E-state index in [1.165, 1.54) is 23.0 Å². The van der Waals surface area contributed by atoms with E-state index in [1.807, 2.05) is 52.0 Å². The molecular formula is C42H34N14O13. The molecule has 0 N–H and O–H groups in total. The lowest BCUT2D eigenvalue weighted by molar-refractivity contribution is -0.665. The predicted molar refractivity (Wildman–Crippen MR) is 242 cm³/mol. The Hall–Kier alpha value is -10.1. The fourth-order valence-corrected chi connectivity index (χ4v) is 7.20. The standard InChI is InChI=1S/2C14H11N5O5.C14H12N4O3/c1-8-3-4-11(9(2)5-8)16-15-14-12(17(16)20)6-10(18(21)22)7-13(14)19(23)24;1-8-3-4-9(2)11(5-8)16-15-14-12(17(16)20)6-10(18(21)22)7-13(14)19(23)24;1-9-3-6-13(10(2)7-9)16-15-12-5-4-11(18(20)21)8-14(12)17(16)19/h2*3-7H,1-2H3;3-8H,1-2H3. The molecule has 3 heterocycles. The van der Waals surface area contributed by atoms with Crippen LogP contribution in [0.15, 0.2) is 97.1 Å². The summed E-state index contributed by atoms with van der Waals surface area (Å²) in [6, 6.07) is 23.8. The van der Waals surface area contributed by atoms with E-state index in [9.17, 15) is 66.2 Å². The molecule has 27 heteroatoms. The molecule has 0 radical (unpaired) electrons. The molecule has 0 saturated carbocycles. The molecule has 6 aromatic carbocycles. The molecule has 0 unspecified atom stereocenters. The smallest absolute Gasteiger partial charge is 0.334 e. The molecule has 0 spiro atoms. The van der Waals surface area contributed by atoms with E-state index in [0.29, 0.717) is 37.1 Å². The topological polar surface area (TPSA) is 350 Å². The highest BCUT2D eigenvalue weighted by Crippen LogP contribution is 2.31. The number of non-ortho nitro benzene ring substituents is 5. The van der Waals surface area contributed by atoms with Crippen LogP contribution in [-0.2, 0) is 0 Å². The second-order valence-corrected chi connectivity index (χ2v) is 15.5. The van der Waals surface area contributed by atoms with Gasteiger partial charge in [0.15, 0.2) is 0 Å². The van der Waals surface area contributed by atoms with Crippen LogP contribution in [0.2, 0.25) is 0 Å². The number of rotatable bonds is 8. The van der Waals surface area contributed by atoms with Crippen molar-refractivity contribution in [3.8, 4) is 17.1 Å². The van der Waals surface area contributed by atoms with Crippen molar-refractivity contribution in [2.24, 2.45) is 0 Å². The molecule has 0 aliphatic rings. The molecule has 0 fully saturated rings. The van der Waals surface area contributed by atoms with Crippen LogP contribution in [-0.4, -0.2) is 54.3 Å². The van der Waals surface area contributed by atoms with E-state index in [4.69, 9.17) is 0 Å². The fourth-order valence-electron chi connectivity index (χ4n) is 7.20. The summed E-state index contributed by atoms with van der Waals surface area (Å²) in [5, 5.41) is 105. The summed E-state index contributed by atoms with van der Waals surface area (Å²) >= 11 is 0. The van der Waals surface area contributed by atoms with Gasteiger partial charge >= 0.3 is 22.4 Å². The summed E-state index contributed by atoms with van der Waals surface area (Å²) in [5.74, 6) is 0. The van der Waals surface area contributed by atoms with Crippen LogP contribution in [0.5, 0.6) is 0 Å². The number of nitro groups is 5. The number of nitro benzene ring substituents is 5. The average molecular weight is 943 g/mol. The molecule has 27 nitrogen and oxygen atoms in total. The normalized spacial score (nSPS) is 10.9. The zero-order chi connectivity index (χ0) is 50.3. The van der Waals surface area contributed by atoms with Crippen LogP contribution in [0.25, 0.3) is 50.2 Å². The number of nitrogens with zero attached hydrogens (tertiary/aromatic N) is 14. The van der Waals surface area contributed by atoms with Crippen molar-refractivity contribution in [2.45, 2.75) is 41.5 Å². The Balaban J connectivity index is 0.000000153. The van der Waals surface area contributed by atoms with Crippen LogP contribution in [0, 0.1) is 108 Å². The fraction of sp³-hybridized carbons (Fsp3) is 0.143. The minimum absolute atomic E-state index is 0.132. The summed E-state index contributed by atoms with van der Waals surface area (Å²) in [6.07, 6.45) is 0. The first-order valence-corrected chi connectivity index (χ1v) is 20.0. The van der Waals surface area contributed by atoms with Gasteiger partial charge in [-0.2, -0.15) is 0 Å². The van der Waals surface area contributed by atoms with E-state index in [0.717, 1.165) is 67.2 Å². The lowest BCUT2D eigenvalue weighted by atomic mass is 10.1. The molecule has 0 aliphatic heterocycles. The Morgan fingerprint density at radius 3 is 1.22 bits per heavy atom. The van der Waals surface area contributed by atoms with Crippen molar-refractivity contribution in [1.82, 2.24) is 29.7 Å². The van der Waals surface area contributed by atoms with Crippen molar-refractivity contribution < 1.29 is 39.2 Å². The number of aryl methyl sites for hydroxylation is 6. The maximum atomic E-state index is 12.5.